The standard InChI is InChI=1S/C21H33N3OSi.2ClH/c1-4-26(5-2,6-3)16-8-13-22-15-12-21(25)24-19-10-11-20-18(17-19)9-7-14-23-20;;/h7,9-11,14,17,22H,4-6,8,12-13,15-16H2,1-3H3,(H,24,25);2*1H. The Hall–Kier alpha value is -1.14. The molecular formula is C21H35Cl2N3OSi. The SMILES string of the molecule is CC[Si](CC)(CC)CCCNCCC(=O)Nc1ccc2ncccc2c1.Cl.Cl. The number of rotatable bonds is 11. The van der Waals surface area contributed by atoms with Gasteiger partial charge in [-0.2, -0.15) is 0 Å². The zero-order valence-electron chi connectivity index (χ0n) is 17.3. The number of aromatic nitrogens is 1. The molecule has 0 saturated heterocycles. The van der Waals surface area contributed by atoms with E-state index in [-0.39, 0.29) is 30.7 Å². The van der Waals surface area contributed by atoms with E-state index < -0.39 is 8.07 Å². The van der Waals surface area contributed by atoms with E-state index >= 15 is 0 Å². The van der Waals surface area contributed by atoms with Crippen molar-refractivity contribution in [3.05, 3.63) is 36.5 Å². The number of fused-ring (bicyclic) bond motifs is 1. The predicted molar refractivity (Wildman–Crippen MR) is 129 cm³/mol. The minimum atomic E-state index is -0.997. The van der Waals surface area contributed by atoms with Crippen molar-refractivity contribution >= 4 is 55.4 Å². The van der Waals surface area contributed by atoms with E-state index in [1.165, 1.54) is 30.6 Å². The van der Waals surface area contributed by atoms with Gasteiger partial charge < -0.3 is 10.6 Å². The molecule has 0 spiro atoms. The van der Waals surface area contributed by atoms with E-state index in [4.69, 9.17) is 0 Å². The summed E-state index contributed by atoms with van der Waals surface area (Å²) in [6.07, 6.45) is 3.52. The van der Waals surface area contributed by atoms with Gasteiger partial charge in [-0.1, -0.05) is 51.0 Å². The van der Waals surface area contributed by atoms with Crippen LogP contribution in [0.5, 0.6) is 0 Å². The molecule has 4 nitrogen and oxygen atoms in total. The molecule has 0 aliphatic rings. The van der Waals surface area contributed by atoms with Gasteiger partial charge in [-0.3, -0.25) is 9.78 Å². The quantitative estimate of drug-likeness (QED) is 0.335. The lowest BCUT2D eigenvalue weighted by molar-refractivity contribution is -0.116. The van der Waals surface area contributed by atoms with Gasteiger partial charge in [0.1, 0.15) is 0 Å². The predicted octanol–water partition coefficient (Wildman–Crippen LogP) is 5.90. The molecule has 0 saturated carbocycles. The highest BCUT2D eigenvalue weighted by atomic mass is 35.5. The van der Waals surface area contributed by atoms with Crippen LogP contribution in [0.2, 0.25) is 24.2 Å². The number of pyridine rings is 1. The van der Waals surface area contributed by atoms with Gasteiger partial charge in [-0.15, -0.1) is 24.8 Å². The zero-order chi connectivity index (χ0) is 18.8. The van der Waals surface area contributed by atoms with E-state index in [0.717, 1.165) is 29.7 Å². The monoisotopic (exact) mass is 443 g/mol. The van der Waals surface area contributed by atoms with E-state index in [1.807, 2.05) is 30.3 Å². The Labute approximate surface area is 183 Å². The highest BCUT2D eigenvalue weighted by Gasteiger charge is 2.25. The summed E-state index contributed by atoms with van der Waals surface area (Å²) in [5.41, 5.74) is 1.78. The second-order valence-corrected chi connectivity index (χ2v) is 12.7. The van der Waals surface area contributed by atoms with Crippen molar-refractivity contribution in [2.75, 3.05) is 18.4 Å². The van der Waals surface area contributed by atoms with Crippen molar-refractivity contribution in [2.24, 2.45) is 0 Å². The molecule has 7 heteroatoms. The lowest BCUT2D eigenvalue weighted by atomic mass is 10.2. The van der Waals surface area contributed by atoms with Gasteiger partial charge in [0.25, 0.3) is 0 Å². The molecule has 0 unspecified atom stereocenters. The van der Waals surface area contributed by atoms with Crippen LogP contribution >= 0.6 is 24.8 Å². The van der Waals surface area contributed by atoms with Crippen LogP contribution in [-0.4, -0.2) is 32.1 Å². The van der Waals surface area contributed by atoms with E-state index in [1.54, 1.807) is 6.20 Å². The maximum Gasteiger partial charge on any atom is 0.225 e. The van der Waals surface area contributed by atoms with Crippen LogP contribution in [0, 0.1) is 0 Å². The Morgan fingerprint density at radius 1 is 1.04 bits per heavy atom. The molecule has 0 bridgehead atoms. The molecule has 2 rings (SSSR count). The van der Waals surface area contributed by atoms with Gasteiger partial charge in [0.05, 0.1) is 13.6 Å². The lowest BCUT2D eigenvalue weighted by Gasteiger charge is -2.28. The normalized spacial score (nSPS) is 10.8. The largest absolute Gasteiger partial charge is 0.326 e. The highest BCUT2D eigenvalue weighted by molar-refractivity contribution is 6.79. The molecule has 0 atom stereocenters. The molecule has 0 fully saturated rings. The second-order valence-electron chi connectivity index (χ2n) is 7.12. The summed E-state index contributed by atoms with van der Waals surface area (Å²) in [6.45, 7) is 8.84. The van der Waals surface area contributed by atoms with Gasteiger partial charge >= 0.3 is 0 Å². The molecule has 0 aliphatic carbocycles. The van der Waals surface area contributed by atoms with Crippen molar-refractivity contribution in [1.82, 2.24) is 10.3 Å². The number of anilines is 1. The summed E-state index contributed by atoms with van der Waals surface area (Å²) in [6, 6.07) is 15.3. The Kier molecular flexibility index (Phi) is 13.4. The summed E-state index contributed by atoms with van der Waals surface area (Å²) in [5, 5.41) is 7.45. The number of carbonyl (C=O) groups is 1. The van der Waals surface area contributed by atoms with Crippen molar-refractivity contribution in [3.63, 3.8) is 0 Å². The molecule has 28 heavy (non-hydrogen) atoms. The Morgan fingerprint density at radius 2 is 1.75 bits per heavy atom. The van der Waals surface area contributed by atoms with Gasteiger partial charge in [-0.05, 0) is 37.2 Å². The van der Waals surface area contributed by atoms with Crippen LogP contribution in [0.25, 0.3) is 10.9 Å². The van der Waals surface area contributed by atoms with Crippen LogP contribution in [0.1, 0.15) is 33.6 Å². The third-order valence-electron chi connectivity index (χ3n) is 5.73. The number of nitrogens with one attached hydrogen (secondary N) is 2. The molecule has 2 N–H and O–H groups in total. The average Bonchev–Trinajstić information content (AvgIpc) is 2.68. The summed E-state index contributed by atoms with van der Waals surface area (Å²) in [7, 11) is -0.997. The third kappa shape index (κ3) is 8.07. The number of carbonyl (C=O) groups excluding carboxylic acids is 1. The van der Waals surface area contributed by atoms with Gasteiger partial charge in [0.15, 0.2) is 0 Å². The van der Waals surface area contributed by atoms with Crippen molar-refractivity contribution < 1.29 is 4.79 Å². The van der Waals surface area contributed by atoms with Crippen molar-refractivity contribution in [2.45, 2.75) is 57.8 Å². The van der Waals surface area contributed by atoms with Gasteiger partial charge in [0, 0.05) is 30.2 Å². The first kappa shape index (κ1) is 26.9. The summed E-state index contributed by atoms with van der Waals surface area (Å²) < 4.78 is 0. The highest BCUT2D eigenvalue weighted by Crippen LogP contribution is 2.26. The molecule has 1 aromatic heterocycles. The van der Waals surface area contributed by atoms with Crippen LogP contribution < -0.4 is 10.6 Å². The molecule has 158 valence electrons. The fourth-order valence-corrected chi connectivity index (χ4v) is 7.06. The molecule has 0 radical (unpaired) electrons. The number of nitrogens with zero attached hydrogens (tertiary/aromatic N) is 1. The minimum absolute atomic E-state index is 0. The average molecular weight is 445 g/mol. The van der Waals surface area contributed by atoms with Crippen molar-refractivity contribution in [3.8, 4) is 0 Å². The smallest absolute Gasteiger partial charge is 0.225 e. The Balaban J connectivity index is 0.00000364. The van der Waals surface area contributed by atoms with Crippen LogP contribution in [0.4, 0.5) is 5.69 Å². The summed E-state index contributed by atoms with van der Waals surface area (Å²) in [5.74, 6) is 0.0557. The lowest BCUT2D eigenvalue weighted by Crippen LogP contribution is -2.32. The van der Waals surface area contributed by atoms with Crippen LogP contribution in [-0.2, 0) is 4.79 Å². The van der Waals surface area contributed by atoms with Crippen LogP contribution in [0.3, 0.4) is 0 Å². The van der Waals surface area contributed by atoms with Gasteiger partial charge in [0.2, 0.25) is 5.91 Å². The number of hydrogen-bond donors (Lipinski definition) is 2. The summed E-state index contributed by atoms with van der Waals surface area (Å²) >= 11 is 0. The number of benzene rings is 1. The molecular weight excluding hydrogens is 409 g/mol. The molecule has 1 heterocycles. The van der Waals surface area contributed by atoms with E-state index in [0.29, 0.717) is 6.42 Å². The Morgan fingerprint density at radius 3 is 2.43 bits per heavy atom. The van der Waals surface area contributed by atoms with Crippen LogP contribution in [0.15, 0.2) is 36.5 Å². The minimum Gasteiger partial charge on any atom is -0.326 e. The second kappa shape index (κ2) is 13.9. The molecule has 1 amide bonds. The summed E-state index contributed by atoms with van der Waals surface area (Å²) in [4.78, 5) is 16.4. The molecule has 1 aromatic carbocycles. The van der Waals surface area contributed by atoms with Crippen molar-refractivity contribution in [1.29, 1.82) is 0 Å². The van der Waals surface area contributed by atoms with E-state index in [2.05, 4.69) is 36.4 Å². The van der Waals surface area contributed by atoms with E-state index in [9.17, 15) is 4.79 Å². The van der Waals surface area contributed by atoms with Gasteiger partial charge in [-0.25, -0.2) is 0 Å². The Bertz CT molecular complexity index is 703. The molecule has 2 aromatic rings. The topological polar surface area (TPSA) is 54.0 Å². The molecule has 0 aliphatic heterocycles. The maximum atomic E-state index is 12.1. The zero-order valence-corrected chi connectivity index (χ0v) is 19.9. The third-order valence-corrected chi connectivity index (χ3v) is 11.6. The number of halogens is 2. The first-order chi connectivity index (χ1) is 12.6. The first-order valence-corrected chi connectivity index (χ1v) is 12.8. The maximum absolute atomic E-state index is 12.1. The fraction of sp³-hybridized carbons (Fsp3) is 0.524. The number of amides is 1. The first-order valence-electron chi connectivity index (χ1n) is 9.98. The fourth-order valence-electron chi connectivity index (χ4n) is 3.57. The number of hydrogen-bond acceptors (Lipinski definition) is 3.